The maximum absolute atomic E-state index is 9.38. The Kier molecular flexibility index (Phi) is 6.38. The van der Waals surface area contributed by atoms with Crippen LogP contribution in [0, 0.1) is 11.3 Å². The standard InChI is InChI=1S/C16H25N3/c1-5-18(6-2)15-11-9-14(10-12-15)16(13-17)19(7-3)8-4/h9-12,16H,5-8H2,1-4H3. The molecule has 1 atom stereocenters. The molecule has 0 aromatic heterocycles. The minimum absolute atomic E-state index is 0.138. The Balaban J connectivity index is 2.93. The summed E-state index contributed by atoms with van der Waals surface area (Å²) in [6, 6.07) is 10.7. The van der Waals surface area contributed by atoms with Crippen molar-refractivity contribution in [2.45, 2.75) is 33.7 Å². The highest BCUT2D eigenvalue weighted by Gasteiger charge is 2.17. The van der Waals surface area contributed by atoms with Crippen molar-refractivity contribution in [1.29, 1.82) is 5.26 Å². The van der Waals surface area contributed by atoms with E-state index in [4.69, 9.17) is 0 Å². The molecule has 0 saturated carbocycles. The van der Waals surface area contributed by atoms with Gasteiger partial charge in [-0.25, -0.2) is 0 Å². The molecule has 0 radical (unpaired) electrons. The van der Waals surface area contributed by atoms with Crippen molar-refractivity contribution in [3.8, 4) is 6.07 Å². The molecular formula is C16H25N3. The lowest BCUT2D eigenvalue weighted by Gasteiger charge is -2.25. The van der Waals surface area contributed by atoms with E-state index >= 15 is 0 Å². The average molecular weight is 259 g/mol. The molecule has 0 spiro atoms. The number of anilines is 1. The molecule has 104 valence electrons. The van der Waals surface area contributed by atoms with Gasteiger partial charge in [0.15, 0.2) is 0 Å². The van der Waals surface area contributed by atoms with Gasteiger partial charge in [-0.3, -0.25) is 4.90 Å². The van der Waals surface area contributed by atoms with E-state index in [-0.39, 0.29) is 6.04 Å². The van der Waals surface area contributed by atoms with Crippen LogP contribution < -0.4 is 4.90 Å². The fourth-order valence-electron chi connectivity index (χ4n) is 2.41. The molecule has 1 rings (SSSR count). The molecule has 0 bridgehead atoms. The van der Waals surface area contributed by atoms with Crippen LogP contribution in [-0.2, 0) is 0 Å². The van der Waals surface area contributed by atoms with Gasteiger partial charge in [0.05, 0.1) is 6.07 Å². The molecular weight excluding hydrogens is 234 g/mol. The molecule has 1 aromatic carbocycles. The molecule has 19 heavy (non-hydrogen) atoms. The van der Waals surface area contributed by atoms with Crippen LogP contribution in [0.15, 0.2) is 24.3 Å². The predicted molar refractivity (Wildman–Crippen MR) is 81.3 cm³/mol. The highest BCUT2D eigenvalue weighted by molar-refractivity contribution is 5.48. The first-order valence-corrected chi connectivity index (χ1v) is 7.20. The summed E-state index contributed by atoms with van der Waals surface area (Å²) in [5.41, 5.74) is 2.31. The molecule has 0 amide bonds. The average Bonchev–Trinajstić information content (AvgIpc) is 2.47. The zero-order valence-corrected chi connectivity index (χ0v) is 12.6. The molecule has 0 aliphatic carbocycles. The molecule has 0 aliphatic heterocycles. The van der Waals surface area contributed by atoms with Crippen LogP contribution in [0.3, 0.4) is 0 Å². The summed E-state index contributed by atoms with van der Waals surface area (Å²) >= 11 is 0. The van der Waals surface area contributed by atoms with Gasteiger partial charge in [0.2, 0.25) is 0 Å². The zero-order valence-electron chi connectivity index (χ0n) is 12.6. The Hall–Kier alpha value is -1.53. The van der Waals surface area contributed by atoms with Gasteiger partial charge in [-0.1, -0.05) is 26.0 Å². The largest absolute Gasteiger partial charge is 0.372 e. The summed E-state index contributed by atoms with van der Waals surface area (Å²) in [5.74, 6) is 0. The maximum Gasteiger partial charge on any atom is 0.123 e. The molecule has 3 heteroatoms. The van der Waals surface area contributed by atoms with Crippen molar-refractivity contribution in [2.75, 3.05) is 31.1 Å². The van der Waals surface area contributed by atoms with E-state index < -0.39 is 0 Å². The summed E-state index contributed by atoms with van der Waals surface area (Å²) in [6.07, 6.45) is 0. The maximum atomic E-state index is 9.38. The molecule has 0 aliphatic rings. The SMILES string of the molecule is CCN(CC)c1ccc(C(C#N)N(CC)CC)cc1. The van der Waals surface area contributed by atoms with Gasteiger partial charge in [0.25, 0.3) is 0 Å². The van der Waals surface area contributed by atoms with E-state index in [1.807, 2.05) is 0 Å². The Morgan fingerprint density at radius 3 is 1.84 bits per heavy atom. The second-order valence-corrected chi connectivity index (χ2v) is 4.52. The van der Waals surface area contributed by atoms with Crippen molar-refractivity contribution >= 4 is 5.69 Å². The van der Waals surface area contributed by atoms with Crippen LogP contribution >= 0.6 is 0 Å². The zero-order chi connectivity index (χ0) is 14.3. The van der Waals surface area contributed by atoms with Crippen molar-refractivity contribution < 1.29 is 0 Å². The van der Waals surface area contributed by atoms with Gasteiger partial charge in [-0.2, -0.15) is 5.26 Å². The second-order valence-electron chi connectivity index (χ2n) is 4.52. The minimum Gasteiger partial charge on any atom is -0.372 e. The summed E-state index contributed by atoms with van der Waals surface area (Å²) in [5, 5.41) is 9.38. The molecule has 0 fully saturated rings. The smallest absolute Gasteiger partial charge is 0.123 e. The van der Waals surface area contributed by atoms with Crippen molar-refractivity contribution in [3.63, 3.8) is 0 Å². The molecule has 1 unspecified atom stereocenters. The molecule has 0 saturated heterocycles. The minimum atomic E-state index is -0.138. The summed E-state index contributed by atoms with van der Waals surface area (Å²) in [6.45, 7) is 12.3. The highest BCUT2D eigenvalue weighted by atomic mass is 15.1. The van der Waals surface area contributed by atoms with Gasteiger partial charge >= 0.3 is 0 Å². The van der Waals surface area contributed by atoms with Gasteiger partial charge in [-0.05, 0) is 44.6 Å². The van der Waals surface area contributed by atoms with Gasteiger partial charge in [0.1, 0.15) is 6.04 Å². The number of nitrogens with zero attached hydrogens (tertiary/aromatic N) is 3. The fourth-order valence-corrected chi connectivity index (χ4v) is 2.41. The molecule has 3 nitrogen and oxygen atoms in total. The third-order valence-corrected chi connectivity index (χ3v) is 3.64. The third-order valence-electron chi connectivity index (χ3n) is 3.64. The normalized spacial score (nSPS) is 12.2. The van der Waals surface area contributed by atoms with E-state index in [0.717, 1.165) is 31.7 Å². The van der Waals surface area contributed by atoms with Gasteiger partial charge in [0, 0.05) is 18.8 Å². The third kappa shape index (κ3) is 3.71. The summed E-state index contributed by atoms with van der Waals surface area (Å²) in [4.78, 5) is 4.48. The fraction of sp³-hybridized carbons (Fsp3) is 0.562. The topological polar surface area (TPSA) is 30.3 Å². The van der Waals surface area contributed by atoms with Crippen molar-refractivity contribution in [3.05, 3.63) is 29.8 Å². The van der Waals surface area contributed by atoms with Crippen molar-refractivity contribution in [2.24, 2.45) is 0 Å². The number of rotatable bonds is 7. The second kappa shape index (κ2) is 7.81. The first-order valence-electron chi connectivity index (χ1n) is 7.20. The van der Waals surface area contributed by atoms with E-state index in [1.54, 1.807) is 0 Å². The first kappa shape index (κ1) is 15.5. The van der Waals surface area contributed by atoms with E-state index in [9.17, 15) is 5.26 Å². The Labute approximate surface area is 117 Å². The van der Waals surface area contributed by atoms with Crippen LogP contribution in [0.1, 0.15) is 39.3 Å². The monoisotopic (exact) mass is 259 g/mol. The van der Waals surface area contributed by atoms with E-state index in [1.165, 1.54) is 5.69 Å². The first-order chi connectivity index (χ1) is 9.21. The van der Waals surface area contributed by atoms with Crippen molar-refractivity contribution in [1.82, 2.24) is 4.90 Å². The Morgan fingerprint density at radius 1 is 0.947 bits per heavy atom. The summed E-state index contributed by atoms with van der Waals surface area (Å²) < 4.78 is 0. The molecule has 0 N–H and O–H groups in total. The van der Waals surface area contributed by atoms with Crippen LogP contribution in [-0.4, -0.2) is 31.1 Å². The highest BCUT2D eigenvalue weighted by Crippen LogP contribution is 2.23. The van der Waals surface area contributed by atoms with Gasteiger partial charge in [-0.15, -0.1) is 0 Å². The lowest BCUT2D eigenvalue weighted by atomic mass is 10.1. The van der Waals surface area contributed by atoms with Crippen LogP contribution in [0.4, 0.5) is 5.69 Å². The van der Waals surface area contributed by atoms with E-state index in [2.05, 4.69) is 67.8 Å². The van der Waals surface area contributed by atoms with Crippen LogP contribution in [0.2, 0.25) is 0 Å². The Bertz CT molecular complexity index is 397. The Morgan fingerprint density at radius 2 is 1.47 bits per heavy atom. The molecule has 0 heterocycles. The quantitative estimate of drug-likeness (QED) is 0.751. The number of hydrogen-bond acceptors (Lipinski definition) is 3. The summed E-state index contributed by atoms with van der Waals surface area (Å²) in [7, 11) is 0. The van der Waals surface area contributed by atoms with Crippen LogP contribution in [0.5, 0.6) is 0 Å². The lowest BCUT2D eigenvalue weighted by molar-refractivity contribution is 0.262. The van der Waals surface area contributed by atoms with E-state index in [0.29, 0.717) is 0 Å². The number of nitriles is 1. The van der Waals surface area contributed by atoms with Gasteiger partial charge < -0.3 is 4.90 Å². The molecule has 1 aromatic rings. The number of hydrogen-bond donors (Lipinski definition) is 0. The van der Waals surface area contributed by atoms with Crippen LogP contribution in [0.25, 0.3) is 0 Å². The number of benzene rings is 1. The predicted octanol–water partition coefficient (Wildman–Crippen LogP) is 3.44. The lowest BCUT2D eigenvalue weighted by Crippen LogP contribution is -2.27.